The molecule has 1 heterocycles. The lowest BCUT2D eigenvalue weighted by Crippen LogP contribution is -2.34. The van der Waals surface area contributed by atoms with Crippen LogP contribution in [0.15, 0.2) is 0 Å². The van der Waals surface area contributed by atoms with Gasteiger partial charge in [0.25, 0.3) is 5.91 Å². The summed E-state index contributed by atoms with van der Waals surface area (Å²) in [6.07, 6.45) is 0.530. The molecular weight excluding hydrogens is 290 g/mol. The largest absolute Gasteiger partial charge is 0.481 e. The number of carbonyl (C=O) groups is 2. The quantitative estimate of drug-likeness (QED) is 0.841. The molecule has 2 N–H and O–H groups in total. The van der Waals surface area contributed by atoms with Gasteiger partial charge in [-0.3, -0.25) is 9.59 Å². The number of hydrogen-bond acceptors (Lipinski definition) is 5. The van der Waals surface area contributed by atoms with E-state index in [1.807, 2.05) is 34.6 Å². The number of carboxylic acids is 1. The van der Waals surface area contributed by atoms with Crippen LogP contribution in [-0.4, -0.2) is 33.1 Å². The van der Waals surface area contributed by atoms with Gasteiger partial charge in [0.2, 0.25) is 0 Å². The second kappa shape index (κ2) is 6.98. The van der Waals surface area contributed by atoms with Crippen LogP contribution in [0.4, 0.5) is 0 Å². The molecule has 0 spiro atoms. The molecule has 118 valence electrons. The highest BCUT2D eigenvalue weighted by Crippen LogP contribution is 2.25. The van der Waals surface area contributed by atoms with E-state index in [0.29, 0.717) is 17.0 Å². The van der Waals surface area contributed by atoms with Gasteiger partial charge >= 0.3 is 5.97 Å². The van der Waals surface area contributed by atoms with Crippen LogP contribution in [0.25, 0.3) is 0 Å². The van der Waals surface area contributed by atoms with E-state index in [9.17, 15) is 14.7 Å². The van der Waals surface area contributed by atoms with Crippen molar-refractivity contribution >= 4 is 23.4 Å². The van der Waals surface area contributed by atoms with Crippen molar-refractivity contribution in [3.8, 4) is 0 Å². The highest BCUT2D eigenvalue weighted by molar-refractivity contribution is 7.08. The molecule has 0 bridgehead atoms. The number of nitrogens with zero attached hydrogens (tertiary/aromatic N) is 2. The van der Waals surface area contributed by atoms with E-state index in [0.717, 1.165) is 11.5 Å². The van der Waals surface area contributed by atoms with Crippen LogP contribution in [0.3, 0.4) is 0 Å². The number of amides is 1. The Labute approximate surface area is 129 Å². The maximum absolute atomic E-state index is 12.2. The van der Waals surface area contributed by atoms with Crippen LogP contribution < -0.4 is 5.32 Å². The van der Waals surface area contributed by atoms with Crippen LogP contribution >= 0.6 is 11.5 Å². The monoisotopic (exact) mass is 313 g/mol. The summed E-state index contributed by atoms with van der Waals surface area (Å²) in [5, 5.41) is 15.9. The van der Waals surface area contributed by atoms with Crippen molar-refractivity contribution in [2.24, 2.45) is 11.8 Å². The molecule has 0 aromatic carbocycles. The minimum absolute atomic E-state index is 0.119. The van der Waals surface area contributed by atoms with Crippen molar-refractivity contribution in [2.45, 2.75) is 46.5 Å². The highest BCUT2D eigenvalue weighted by Gasteiger charge is 2.27. The molecule has 1 aromatic heterocycles. The molecule has 21 heavy (non-hydrogen) atoms. The van der Waals surface area contributed by atoms with Gasteiger partial charge in [-0.05, 0) is 23.9 Å². The lowest BCUT2D eigenvalue weighted by molar-refractivity contribution is -0.142. The molecular formula is C14H23N3O3S. The van der Waals surface area contributed by atoms with E-state index < -0.39 is 11.9 Å². The zero-order valence-corrected chi connectivity index (χ0v) is 14.0. The Hall–Kier alpha value is -1.50. The summed E-state index contributed by atoms with van der Waals surface area (Å²) in [6.45, 7) is 9.91. The first-order valence-corrected chi connectivity index (χ1v) is 7.74. The van der Waals surface area contributed by atoms with E-state index >= 15 is 0 Å². The van der Waals surface area contributed by atoms with Gasteiger partial charge < -0.3 is 10.4 Å². The van der Waals surface area contributed by atoms with Crippen LogP contribution in [0, 0.1) is 11.8 Å². The predicted molar refractivity (Wildman–Crippen MR) is 81.5 cm³/mol. The molecule has 0 saturated carbocycles. The van der Waals surface area contributed by atoms with Crippen molar-refractivity contribution in [3.05, 3.63) is 10.6 Å². The molecule has 0 radical (unpaired) electrons. The van der Waals surface area contributed by atoms with Crippen molar-refractivity contribution < 1.29 is 14.7 Å². The second-order valence-corrected chi connectivity index (χ2v) is 7.33. The molecule has 0 saturated heterocycles. The van der Waals surface area contributed by atoms with Crippen molar-refractivity contribution in [2.75, 3.05) is 6.54 Å². The van der Waals surface area contributed by atoms with Gasteiger partial charge in [0.15, 0.2) is 0 Å². The molecule has 7 heteroatoms. The van der Waals surface area contributed by atoms with E-state index in [1.165, 1.54) is 0 Å². The van der Waals surface area contributed by atoms with Crippen molar-refractivity contribution in [3.63, 3.8) is 0 Å². The molecule has 1 amide bonds. The number of aliphatic carboxylic acids is 1. The maximum Gasteiger partial charge on any atom is 0.308 e. The number of hydrogen-bond donors (Lipinski definition) is 2. The normalized spacial score (nSPS) is 13.2. The molecule has 0 aliphatic carbocycles. The third-order valence-electron chi connectivity index (χ3n) is 3.02. The summed E-state index contributed by atoms with van der Waals surface area (Å²) in [5.41, 5.74) is 0.366. The third-order valence-corrected chi connectivity index (χ3v) is 3.74. The molecule has 0 aliphatic rings. The van der Waals surface area contributed by atoms with Crippen LogP contribution in [0.5, 0.6) is 0 Å². The Morgan fingerprint density at radius 3 is 2.43 bits per heavy atom. The summed E-state index contributed by atoms with van der Waals surface area (Å²) in [6, 6.07) is 0. The average molecular weight is 313 g/mol. The van der Waals surface area contributed by atoms with Crippen molar-refractivity contribution in [1.82, 2.24) is 14.9 Å². The van der Waals surface area contributed by atoms with Crippen LogP contribution in [0.1, 0.15) is 56.4 Å². The Morgan fingerprint density at radius 1 is 1.33 bits per heavy atom. The SMILES string of the molecule is CC(C)CC(CNC(=O)c1snnc1C(C)(C)C)C(=O)O. The lowest BCUT2D eigenvalue weighted by Gasteiger charge is -2.18. The van der Waals surface area contributed by atoms with Gasteiger partial charge in [0, 0.05) is 12.0 Å². The molecule has 1 unspecified atom stereocenters. The van der Waals surface area contributed by atoms with E-state index in [2.05, 4.69) is 14.9 Å². The molecule has 1 aromatic rings. The zero-order valence-electron chi connectivity index (χ0n) is 13.1. The number of rotatable bonds is 6. The average Bonchev–Trinajstić information content (AvgIpc) is 2.82. The van der Waals surface area contributed by atoms with Gasteiger partial charge in [0.1, 0.15) is 4.88 Å². The van der Waals surface area contributed by atoms with Gasteiger partial charge in [-0.1, -0.05) is 39.1 Å². The first-order chi connectivity index (χ1) is 9.62. The van der Waals surface area contributed by atoms with Crippen LogP contribution in [-0.2, 0) is 10.2 Å². The number of carbonyl (C=O) groups excluding carboxylic acids is 1. The van der Waals surface area contributed by atoms with Gasteiger partial charge in [0.05, 0.1) is 11.6 Å². The zero-order chi connectivity index (χ0) is 16.2. The topological polar surface area (TPSA) is 92.2 Å². The first kappa shape index (κ1) is 17.6. The first-order valence-electron chi connectivity index (χ1n) is 6.96. The Bertz CT molecular complexity index is 506. The molecule has 0 fully saturated rings. The lowest BCUT2D eigenvalue weighted by atomic mass is 9.91. The Balaban J connectivity index is 2.74. The van der Waals surface area contributed by atoms with Gasteiger partial charge in [-0.15, -0.1) is 5.10 Å². The van der Waals surface area contributed by atoms with E-state index in [-0.39, 0.29) is 23.8 Å². The maximum atomic E-state index is 12.2. The summed E-state index contributed by atoms with van der Waals surface area (Å²) in [4.78, 5) is 23.9. The summed E-state index contributed by atoms with van der Waals surface area (Å²) < 4.78 is 3.83. The predicted octanol–water partition coefficient (Wildman–Crippen LogP) is 2.31. The third kappa shape index (κ3) is 5.08. The number of aromatic nitrogens is 2. The Kier molecular flexibility index (Phi) is 5.83. The number of carboxylic acid groups (broad SMARTS) is 1. The molecule has 0 aliphatic heterocycles. The second-order valence-electron chi connectivity index (χ2n) is 6.58. The molecule has 6 nitrogen and oxygen atoms in total. The standard InChI is InChI=1S/C14H23N3O3S/c1-8(2)6-9(13(19)20)7-15-12(18)10-11(14(3,4)5)16-17-21-10/h8-9H,6-7H2,1-5H3,(H,15,18)(H,19,20). The fourth-order valence-corrected chi connectivity index (χ4v) is 2.76. The molecule has 1 atom stereocenters. The summed E-state index contributed by atoms with van der Waals surface area (Å²) in [5.74, 6) is -1.50. The van der Waals surface area contributed by atoms with Crippen molar-refractivity contribution in [1.29, 1.82) is 0 Å². The number of nitrogens with one attached hydrogen (secondary N) is 1. The Morgan fingerprint density at radius 2 is 1.95 bits per heavy atom. The fraction of sp³-hybridized carbons (Fsp3) is 0.714. The van der Waals surface area contributed by atoms with Crippen LogP contribution in [0.2, 0.25) is 0 Å². The summed E-state index contributed by atoms with van der Waals surface area (Å²) in [7, 11) is 0. The van der Waals surface area contributed by atoms with E-state index in [1.54, 1.807) is 0 Å². The van der Waals surface area contributed by atoms with E-state index in [4.69, 9.17) is 0 Å². The highest BCUT2D eigenvalue weighted by atomic mass is 32.1. The fourth-order valence-electron chi connectivity index (χ4n) is 1.97. The molecule has 1 rings (SSSR count). The van der Waals surface area contributed by atoms with Gasteiger partial charge in [-0.2, -0.15) is 0 Å². The minimum atomic E-state index is -0.887. The summed E-state index contributed by atoms with van der Waals surface area (Å²) >= 11 is 1.04. The smallest absolute Gasteiger partial charge is 0.308 e. The minimum Gasteiger partial charge on any atom is -0.481 e. The van der Waals surface area contributed by atoms with Gasteiger partial charge in [-0.25, -0.2) is 0 Å².